The van der Waals surface area contributed by atoms with Crippen molar-refractivity contribution in [1.82, 2.24) is 5.32 Å². The van der Waals surface area contributed by atoms with Crippen LogP contribution in [-0.4, -0.2) is 14.2 Å². The lowest BCUT2D eigenvalue weighted by Crippen LogP contribution is -2.19. The predicted octanol–water partition coefficient (Wildman–Crippen LogP) is 3.76. The Balaban J connectivity index is 2.24. The summed E-state index contributed by atoms with van der Waals surface area (Å²) in [6.45, 7) is 2.19. The molecular formula is C18H23NO. The van der Waals surface area contributed by atoms with Crippen molar-refractivity contribution in [1.29, 1.82) is 0 Å². The minimum absolute atomic E-state index is 0.304. The summed E-state index contributed by atoms with van der Waals surface area (Å²) in [5.74, 6) is 0.958. The number of hydrogen-bond donors (Lipinski definition) is 1. The van der Waals surface area contributed by atoms with Crippen LogP contribution in [0.2, 0.25) is 0 Å². The van der Waals surface area contributed by atoms with Gasteiger partial charge in [-0.25, -0.2) is 0 Å². The SMILES string of the molecule is CCc1cccc(C(Cc2ccccc2OC)NC)c1. The topological polar surface area (TPSA) is 21.3 Å². The lowest BCUT2D eigenvalue weighted by atomic mass is 9.96. The van der Waals surface area contributed by atoms with Crippen molar-refractivity contribution in [2.75, 3.05) is 14.2 Å². The molecule has 2 aromatic carbocycles. The summed E-state index contributed by atoms with van der Waals surface area (Å²) in [5, 5.41) is 3.41. The molecule has 0 aliphatic carbocycles. The Bertz CT molecular complexity index is 551. The van der Waals surface area contributed by atoms with Gasteiger partial charge in [0.05, 0.1) is 7.11 Å². The van der Waals surface area contributed by atoms with Gasteiger partial charge in [-0.15, -0.1) is 0 Å². The van der Waals surface area contributed by atoms with E-state index in [0.717, 1.165) is 18.6 Å². The molecule has 0 fully saturated rings. The Hall–Kier alpha value is -1.80. The zero-order valence-corrected chi connectivity index (χ0v) is 12.5. The van der Waals surface area contributed by atoms with E-state index in [-0.39, 0.29) is 0 Å². The number of rotatable bonds is 6. The first-order valence-electron chi connectivity index (χ1n) is 7.16. The van der Waals surface area contributed by atoms with Crippen LogP contribution in [0.5, 0.6) is 5.75 Å². The van der Waals surface area contributed by atoms with Crippen molar-refractivity contribution in [3.63, 3.8) is 0 Å². The van der Waals surface area contributed by atoms with Crippen molar-refractivity contribution < 1.29 is 4.74 Å². The average molecular weight is 269 g/mol. The van der Waals surface area contributed by atoms with Gasteiger partial charge in [0.2, 0.25) is 0 Å². The van der Waals surface area contributed by atoms with Gasteiger partial charge in [-0.1, -0.05) is 49.4 Å². The van der Waals surface area contributed by atoms with Gasteiger partial charge >= 0.3 is 0 Å². The lowest BCUT2D eigenvalue weighted by Gasteiger charge is -2.19. The summed E-state index contributed by atoms with van der Waals surface area (Å²) in [4.78, 5) is 0. The summed E-state index contributed by atoms with van der Waals surface area (Å²) in [7, 11) is 3.74. The number of benzene rings is 2. The van der Waals surface area contributed by atoms with Crippen molar-refractivity contribution in [2.24, 2.45) is 0 Å². The summed E-state index contributed by atoms with van der Waals surface area (Å²) in [6.07, 6.45) is 1.99. The highest BCUT2D eigenvalue weighted by molar-refractivity contribution is 5.36. The third kappa shape index (κ3) is 3.40. The van der Waals surface area contributed by atoms with E-state index >= 15 is 0 Å². The minimum atomic E-state index is 0.304. The van der Waals surface area contributed by atoms with Gasteiger partial charge in [0, 0.05) is 6.04 Å². The molecule has 0 aliphatic heterocycles. The van der Waals surface area contributed by atoms with Crippen LogP contribution in [0.4, 0.5) is 0 Å². The molecule has 20 heavy (non-hydrogen) atoms. The van der Waals surface area contributed by atoms with E-state index < -0.39 is 0 Å². The van der Waals surface area contributed by atoms with E-state index in [9.17, 15) is 0 Å². The molecule has 0 aliphatic rings. The monoisotopic (exact) mass is 269 g/mol. The maximum atomic E-state index is 5.44. The van der Waals surface area contributed by atoms with Gasteiger partial charge in [0.1, 0.15) is 5.75 Å². The van der Waals surface area contributed by atoms with E-state index in [2.05, 4.69) is 48.6 Å². The Morgan fingerprint density at radius 1 is 1.10 bits per heavy atom. The molecule has 2 heteroatoms. The Morgan fingerprint density at radius 3 is 2.60 bits per heavy atom. The first-order chi connectivity index (χ1) is 9.78. The smallest absolute Gasteiger partial charge is 0.122 e. The molecule has 0 radical (unpaired) electrons. The molecule has 0 bridgehead atoms. The average Bonchev–Trinajstić information content (AvgIpc) is 2.53. The Kier molecular flexibility index (Phi) is 5.19. The van der Waals surface area contributed by atoms with E-state index in [4.69, 9.17) is 4.74 Å². The standard InChI is InChI=1S/C18H23NO/c1-4-14-8-7-10-15(12-14)17(19-2)13-16-9-5-6-11-18(16)20-3/h5-12,17,19H,4,13H2,1-3H3. The Labute approximate surface area is 121 Å². The number of ether oxygens (including phenoxy) is 1. The van der Waals surface area contributed by atoms with Crippen molar-refractivity contribution >= 4 is 0 Å². The normalized spacial score (nSPS) is 12.2. The summed E-state index contributed by atoms with van der Waals surface area (Å²) < 4.78 is 5.44. The molecule has 0 saturated carbocycles. The summed E-state index contributed by atoms with van der Waals surface area (Å²) in [6, 6.07) is 17.3. The number of nitrogens with one attached hydrogen (secondary N) is 1. The molecular weight excluding hydrogens is 246 g/mol. The van der Waals surface area contributed by atoms with Crippen LogP contribution < -0.4 is 10.1 Å². The summed E-state index contributed by atoms with van der Waals surface area (Å²) >= 11 is 0. The molecule has 0 saturated heterocycles. The van der Waals surface area contributed by atoms with E-state index in [1.165, 1.54) is 16.7 Å². The van der Waals surface area contributed by atoms with E-state index in [1.807, 2.05) is 19.2 Å². The maximum absolute atomic E-state index is 5.44. The fourth-order valence-electron chi connectivity index (χ4n) is 2.51. The highest BCUT2D eigenvalue weighted by Crippen LogP contribution is 2.25. The van der Waals surface area contributed by atoms with Crippen LogP contribution in [0.1, 0.15) is 29.7 Å². The number of aryl methyl sites for hydroxylation is 1. The second-order valence-corrected chi connectivity index (χ2v) is 4.96. The van der Waals surface area contributed by atoms with Crippen LogP contribution in [0.15, 0.2) is 48.5 Å². The van der Waals surface area contributed by atoms with Crippen LogP contribution in [-0.2, 0) is 12.8 Å². The largest absolute Gasteiger partial charge is 0.496 e. The second-order valence-electron chi connectivity index (χ2n) is 4.96. The molecule has 2 nitrogen and oxygen atoms in total. The van der Waals surface area contributed by atoms with Gasteiger partial charge < -0.3 is 10.1 Å². The van der Waals surface area contributed by atoms with E-state index in [1.54, 1.807) is 7.11 Å². The maximum Gasteiger partial charge on any atom is 0.122 e. The quantitative estimate of drug-likeness (QED) is 0.862. The van der Waals surface area contributed by atoms with Crippen molar-refractivity contribution in [3.05, 3.63) is 65.2 Å². The third-order valence-corrected chi connectivity index (χ3v) is 3.73. The number of hydrogen-bond acceptors (Lipinski definition) is 2. The number of likely N-dealkylation sites (N-methyl/N-ethyl adjacent to an activating group) is 1. The lowest BCUT2D eigenvalue weighted by molar-refractivity contribution is 0.406. The first-order valence-corrected chi connectivity index (χ1v) is 7.16. The van der Waals surface area contributed by atoms with Crippen LogP contribution in [0.3, 0.4) is 0 Å². The van der Waals surface area contributed by atoms with Gasteiger partial charge in [0.15, 0.2) is 0 Å². The number of para-hydroxylation sites is 1. The van der Waals surface area contributed by atoms with Crippen molar-refractivity contribution in [3.8, 4) is 5.75 Å². The zero-order chi connectivity index (χ0) is 14.4. The third-order valence-electron chi connectivity index (χ3n) is 3.73. The molecule has 1 atom stereocenters. The summed E-state index contributed by atoms with van der Waals surface area (Å²) in [5.41, 5.74) is 3.94. The van der Waals surface area contributed by atoms with E-state index in [0.29, 0.717) is 6.04 Å². The van der Waals surface area contributed by atoms with Gasteiger partial charge in [-0.2, -0.15) is 0 Å². The molecule has 1 N–H and O–H groups in total. The highest BCUT2D eigenvalue weighted by Gasteiger charge is 2.13. The molecule has 1 unspecified atom stereocenters. The Morgan fingerprint density at radius 2 is 1.90 bits per heavy atom. The van der Waals surface area contributed by atoms with Crippen molar-refractivity contribution in [2.45, 2.75) is 25.8 Å². The molecule has 0 spiro atoms. The highest BCUT2D eigenvalue weighted by atomic mass is 16.5. The molecule has 106 valence electrons. The fourth-order valence-corrected chi connectivity index (χ4v) is 2.51. The predicted molar refractivity (Wildman–Crippen MR) is 84.3 cm³/mol. The fraction of sp³-hybridized carbons (Fsp3) is 0.333. The molecule has 0 amide bonds. The van der Waals surface area contributed by atoms with Crippen LogP contribution >= 0.6 is 0 Å². The molecule has 0 heterocycles. The van der Waals surface area contributed by atoms with Gasteiger partial charge in [-0.05, 0) is 42.6 Å². The minimum Gasteiger partial charge on any atom is -0.496 e. The van der Waals surface area contributed by atoms with Gasteiger partial charge in [0.25, 0.3) is 0 Å². The second kappa shape index (κ2) is 7.11. The number of methoxy groups -OCH3 is 1. The zero-order valence-electron chi connectivity index (χ0n) is 12.5. The molecule has 2 aromatic rings. The van der Waals surface area contributed by atoms with Crippen LogP contribution in [0, 0.1) is 0 Å². The molecule has 2 rings (SSSR count). The first kappa shape index (κ1) is 14.6. The van der Waals surface area contributed by atoms with Gasteiger partial charge in [-0.3, -0.25) is 0 Å². The molecule has 0 aromatic heterocycles. The van der Waals surface area contributed by atoms with Crippen LogP contribution in [0.25, 0.3) is 0 Å².